The minimum Gasteiger partial charge on any atom is -0.481 e. The van der Waals surface area contributed by atoms with E-state index in [0.29, 0.717) is 16.9 Å². The van der Waals surface area contributed by atoms with Crippen LogP contribution in [0.25, 0.3) is 0 Å². The van der Waals surface area contributed by atoms with Gasteiger partial charge in [0.1, 0.15) is 5.69 Å². The maximum Gasteiger partial charge on any atom is 0.310 e. The summed E-state index contributed by atoms with van der Waals surface area (Å²) in [7, 11) is 1.73. The van der Waals surface area contributed by atoms with Crippen LogP contribution in [0, 0.1) is 0 Å². The topological polar surface area (TPSA) is 84.2 Å². The lowest BCUT2D eigenvalue weighted by Crippen LogP contribution is -2.16. The monoisotopic (exact) mass is 315 g/mol. The van der Waals surface area contributed by atoms with E-state index in [1.54, 1.807) is 49.0 Å². The first-order valence-corrected chi connectivity index (χ1v) is 7.47. The van der Waals surface area contributed by atoms with Gasteiger partial charge < -0.3 is 10.4 Å². The fraction of sp³-hybridized carbons (Fsp3) is 0.353. The molecule has 0 aliphatic heterocycles. The number of nitrogens with zero attached hydrogens (tertiary/aromatic N) is 2. The molecule has 0 fully saturated rings. The third-order valence-corrected chi connectivity index (χ3v) is 3.74. The molecule has 122 valence electrons. The van der Waals surface area contributed by atoms with Gasteiger partial charge >= 0.3 is 5.97 Å². The molecule has 0 bridgehead atoms. The Labute approximate surface area is 135 Å². The number of aryl methyl sites for hydroxylation is 1. The van der Waals surface area contributed by atoms with Crippen molar-refractivity contribution < 1.29 is 14.7 Å². The van der Waals surface area contributed by atoms with Crippen LogP contribution in [0.15, 0.2) is 30.3 Å². The summed E-state index contributed by atoms with van der Waals surface area (Å²) in [6.07, 6.45) is 0. The SMILES string of the molecule is CC(C)c1cc(C(=O)Nc2cccc(C(C)C(=O)O)c2)n(C)n1. The molecule has 0 aliphatic carbocycles. The summed E-state index contributed by atoms with van der Waals surface area (Å²) in [6.45, 7) is 5.64. The predicted molar refractivity (Wildman–Crippen MR) is 87.7 cm³/mol. The highest BCUT2D eigenvalue weighted by Gasteiger charge is 2.17. The van der Waals surface area contributed by atoms with Gasteiger partial charge in [-0.25, -0.2) is 0 Å². The highest BCUT2D eigenvalue weighted by atomic mass is 16.4. The molecule has 1 amide bonds. The highest BCUT2D eigenvalue weighted by Crippen LogP contribution is 2.20. The van der Waals surface area contributed by atoms with Gasteiger partial charge in [0, 0.05) is 12.7 Å². The normalized spacial score (nSPS) is 12.2. The first kappa shape index (κ1) is 16.7. The van der Waals surface area contributed by atoms with Crippen LogP contribution in [0.1, 0.15) is 54.4 Å². The van der Waals surface area contributed by atoms with E-state index >= 15 is 0 Å². The van der Waals surface area contributed by atoms with Crippen molar-refractivity contribution in [3.05, 3.63) is 47.3 Å². The summed E-state index contributed by atoms with van der Waals surface area (Å²) in [5, 5.41) is 16.2. The van der Waals surface area contributed by atoms with Crippen LogP contribution in [-0.2, 0) is 11.8 Å². The molecule has 1 atom stereocenters. The molecule has 1 aromatic carbocycles. The molecular formula is C17H21N3O3. The number of aromatic nitrogens is 2. The molecular weight excluding hydrogens is 294 g/mol. The third kappa shape index (κ3) is 3.77. The minimum absolute atomic E-state index is 0.238. The van der Waals surface area contributed by atoms with E-state index < -0.39 is 11.9 Å². The van der Waals surface area contributed by atoms with Gasteiger partial charge in [-0.15, -0.1) is 0 Å². The summed E-state index contributed by atoms with van der Waals surface area (Å²) in [5.74, 6) is -1.56. The van der Waals surface area contributed by atoms with Gasteiger partial charge in [0.2, 0.25) is 0 Å². The molecule has 1 unspecified atom stereocenters. The Morgan fingerprint density at radius 2 is 1.91 bits per heavy atom. The molecule has 23 heavy (non-hydrogen) atoms. The molecule has 1 aromatic heterocycles. The maximum atomic E-state index is 12.4. The van der Waals surface area contributed by atoms with Gasteiger partial charge in [0.15, 0.2) is 0 Å². The number of nitrogens with one attached hydrogen (secondary N) is 1. The molecule has 0 spiro atoms. The lowest BCUT2D eigenvalue weighted by atomic mass is 10.0. The van der Waals surface area contributed by atoms with Crippen molar-refractivity contribution in [2.45, 2.75) is 32.6 Å². The Morgan fingerprint density at radius 1 is 1.22 bits per heavy atom. The fourth-order valence-electron chi connectivity index (χ4n) is 2.21. The number of aliphatic carboxylic acids is 1. The summed E-state index contributed by atoms with van der Waals surface area (Å²) >= 11 is 0. The van der Waals surface area contributed by atoms with E-state index in [0.717, 1.165) is 5.69 Å². The van der Waals surface area contributed by atoms with Crippen LogP contribution in [0.4, 0.5) is 5.69 Å². The van der Waals surface area contributed by atoms with Crippen LogP contribution in [0.2, 0.25) is 0 Å². The first-order chi connectivity index (χ1) is 10.8. The number of amides is 1. The quantitative estimate of drug-likeness (QED) is 0.888. The van der Waals surface area contributed by atoms with Gasteiger partial charge in [-0.3, -0.25) is 14.3 Å². The highest BCUT2D eigenvalue weighted by molar-refractivity contribution is 6.03. The minimum atomic E-state index is -0.901. The lowest BCUT2D eigenvalue weighted by molar-refractivity contribution is -0.138. The summed E-state index contributed by atoms with van der Waals surface area (Å²) < 4.78 is 1.55. The van der Waals surface area contributed by atoms with Crippen LogP contribution < -0.4 is 5.32 Å². The van der Waals surface area contributed by atoms with Crippen molar-refractivity contribution in [1.82, 2.24) is 9.78 Å². The number of hydrogen-bond donors (Lipinski definition) is 2. The molecule has 1 heterocycles. The van der Waals surface area contributed by atoms with Gasteiger partial charge in [0.25, 0.3) is 5.91 Å². The molecule has 0 aliphatic rings. The fourth-order valence-corrected chi connectivity index (χ4v) is 2.21. The number of carbonyl (C=O) groups is 2. The number of anilines is 1. The van der Waals surface area contributed by atoms with E-state index in [4.69, 9.17) is 5.11 Å². The second-order valence-corrected chi connectivity index (χ2v) is 5.87. The largest absolute Gasteiger partial charge is 0.481 e. The van der Waals surface area contributed by atoms with Crippen LogP contribution in [0.5, 0.6) is 0 Å². The number of hydrogen-bond acceptors (Lipinski definition) is 3. The lowest BCUT2D eigenvalue weighted by Gasteiger charge is -2.10. The number of carboxylic acid groups (broad SMARTS) is 1. The third-order valence-electron chi connectivity index (χ3n) is 3.74. The smallest absolute Gasteiger partial charge is 0.310 e. The van der Waals surface area contributed by atoms with Gasteiger partial charge in [-0.05, 0) is 36.6 Å². The molecule has 2 N–H and O–H groups in total. The van der Waals surface area contributed by atoms with Crippen LogP contribution in [0.3, 0.4) is 0 Å². The number of benzene rings is 1. The number of rotatable bonds is 5. The van der Waals surface area contributed by atoms with Gasteiger partial charge in [-0.2, -0.15) is 5.10 Å². The molecule has 0 radical (unpaired) electrons. The summed E-state index contributed by atoms with van der Waals surface area (Å²) in [5.41, 5.74) is 2.52. The van der Waals surface area contributed by atoms with Crippen molar-refractivity contribution >= 4 is 17.6 Å². The van der Waals surface area contributed by atoms with E-state index in [1.165, 1.54) is 0 Å². The zero-order chi connectivity index (χ0) is 17.1. The molecule has 0 saturated heterocycles. The Bertz CT molecular complexity index is 734. The second kappa shape index (κ2) is 6.64. The number of carbonyl (C=O) groups excluding carboxylic acids is 1. The Kier molecular flexibility index (Phi) is 4.83. The number of carboxylic acids is 1. The van der Waals surface area contributed by atoms with Crippen molar-refractivity contribution in [2.75, 3.05) is 5.32 Å². The van der Waals surface area contributed by atoms with Crippen LogP contribution in [-0.4, -0.2) is 26.8 Å². The van der Waals surface area contributed by atoms with Crippen molar-refractivity contribution in [1.29, 1.82) is 0 Å². The molecule has 0 saturated carbocycles. The van der Waals surface area contributed by atoms with E-state index in [1.807, 2.05) is 13.8 Å². The summed E-state index contributed by atoms with van der Waals surface area (Å²) in [6, 6.07) is 8.64. The summed E-state index contributed by atoms with van der Waals surface area (Å²) in [4.78, 5) is 23.5. The second-order valence-electron chi connectivity index (χ2n) is 5.87. The van der Waals surface area contributed by atoms with E-state index in [2.05, 4.69) is 10.4 Å². The van der Waals surface area contributed by atoms with Gasteiger partial charge in [-0.1, -0.05) is 26.0 Å². The van der Waals surface area contributed by atoms with Crippen molar-refractivity contribution in [3.8, 4) is 0 Å². The molecule has 2 rings (SSSR count). The standard InChI is InChI=1S/C17H21N3O3/c1-10(2)14-9-15(20(4)19-14)16(21)18-13-7-5-6-12(8-13)11(3)17(22)23/h5-11H,1-4H3,(H,18,21)(H,22,23). The average molecular weight is 315 g/mol. The van der Waals surface area contributed by atoms with Gasteiger partial charge in [0.05, 0.1) is 11.6 Å². The Balaban J connectivity index is 2.21. The van der Waals surface area contributed by atoms with Crippen LogP contribution >= 0.6 is 0 Å². The Morgan fingerprint density at radius 3 is 2.48 bits per heavy atom. The first-order valence-electron chi connectivity index (χ1n) is 7.47. The molecule has 2 aromatic rings. The Hall–Kier alpha value is -2.63. The molecule has 6 nitrogen and oxygen atoms in total. The maximum absolute atomic E-state index is 12.4. The van der Waals surface area contributed by atoms with E-state index in [9.17, 15) is 9.59 Å². The zero-order valence-electron chi connectivity index (χ0n) is 13.7. The van der Waals surface area contributed by atoms with Crippen molar-refractivity contribution in [2.24, 2.45) is 7.05 Å². The average Bonchev–Trinajstić information content (AvgIpc) is 2.89. The molecule has 6 heteroatoms. The zero-order valence-corrected chi connectivity index (χ0v) is 13.7. The van der Waals surface area contributed by atoms with E-state index in [-0.39, 0.29) is 11.8 Å². The van der Waals surface area contributed by atoms with Crippen molar-refractivity contribution in [3.63, 3.8) is 0 Å². The predicted octanol–water partition coefficient (Wildman–Crippen LogP) is 2.98.